The molecule has 0 aliphatic carbocycles. The van der Waals surface area contributed by atoms with Crippen molar-refractivity contribution >= 4 is 11.3 Å². The molecule has 1 saturated heterocycles. The summed E-state index contributed by atoms with van der Waals surface area (Å²) in [6.45, 7) is 2.26. The Bertz CT molecular complexity index is 490. The Balaban J connectivity index is 1.74. The van der Waals surface area contributed by atoms with E-state index in [-0.39, 0.29) is 0 Å². The maximum absolute atomic E-state index is 4.68. The van der Waals surface area contributed by atoms with Crippen LogP contribution in [0.1, 0.15) is 18.7 Å². The Labute approximate surface area is 111 Å². The van der Waals surface area contributed by atoms with Gasteiger partial charge >= 0.3 is 0 Å². The number of piperidine rings is 1. The fourth-order valence-electron chi connectivity index (χ4n) is 2.42. The lowest BCUT2D eigenvalue weighted by Crippen LogP contribution is -2.31. The Morgan fingerprint density at radius 3 is 3.17 bits per heavy atom. The third-order valence-corrected chi connectivity index (χ3v) is 4.24. The van der Waals surface area contributed by atoms with Crippen LogP contribution in [0.5, 0.6) is 0 Å². The van der Waals surface area contributed by atoms with Gasteiger partial charge in [-0.15, -0.1) is 11.3 Å². The number of aromatic nitrogens is 2. The zero-order chi connectivity index (χ0) is 12.2. The van der Waals surface area contributed by atoms with Gasteiger partial charge < -0.3 is 5.32 Å². The Morgan fingerprint density at radius 1 is 1.39 bits per heavy atom. The number of hydrogen-bond donors (Lipinski definition) is 1. The lowest BCUT2D eigenvalue weighted by molar-refractivity contribution is 0.371. The molecule has 1 N–H and O–H groups in total. The van der Waals surface area contributed by atoms with E-state index in [0.29, 0.717) is 5.92 Å². The van der Waals surface area contributed by atoms with Gasteiger partial charge in [-0.2, -0.15) is 0 Å². The van der Waals surface area contributed by atoms with E-state index in [0.717, 1.165) is 31.0 Å². The summed E-state index contributed by atoms with van der Waals surface area (Å²) in [6.07, 6.45) is 5.44. The van der Waals surface area contributed by atoms with Gasteiger partial charge in [0.2, 0.25) is 0 Å². The molecule has 1 aliphatic rings. The molecule has 1 atom stereocenters. The Morgan fingerprint density at radius 2 is 2.39 bits per heavy atom. The van der Waals surface area contributed by atoms with Crippen molar-refractivity contribution in [1.29, 1.82) is 0 Å². The van der Waals surface area contributed by atoms with Crippen molar-refractivity contribution in [3.63, 3.8) is 0 Å². The average Bonchev–Trinajstić information content (AvgIpc) is 2.94. The molecule has 3 rings (SSSR count). The van der Waals surface area contributed by atoms with E-state index in [1.165, 1.54) is 17.7 Å². The zero-order valence-corrected chi connectivity index (χ0v) is 11.1. The molecular weight excluding hydrogens is 242 g/mol. The average molecular weight is 259 g/mol. The topological polar surface area (TPSA) is 37.8 Å². The number of rotatable bonds is 3. The van der Waals surface area contributed by atoms with Crippen molar-refractivity contribution in [1.82, 2.24) is 15.3 Å². The minimum atomic E-state index is 0.692. The van der Waals surface area contributed by atoms with E-state index in [9.17, 15) is 0 Å². The van der Waals surface area contributed by atoms with Crippen LogP contribution in [-0.4, -0.2) is 23.1 Å². The fraction of sp³-hybridized carbons (Fsp3) is 0.429. The van der Waals surface area contributed by atoms with Gasteiger partial charge in [0, 0.05) is 12.6 Å². The van der Waals surface area contributed by atoms with Crippen LogP contribution in [0.25, 0.3) is 10.6 Å². The molecule has 0 saturated carbocycles. The van der Waals surface area contributed by atoms with Crippen molar-refractivity contribution in [2.45, 2.75) is 19.3 Å². The van der Waals surface area contributed by atoms with E-state index in [2.05, 4.69) is 32.8 Å². The van der Waals surface area contributed by atoms with E-state index in [1.807, 2.05) is 12.3 Å². The van der Waals surface area contributed by atoms with Crippen LogP contribution >= 0.6 is 11.3 Å². The molecule has 94 valence electrons. The minimum absolute atomic E-state index is 0.692. The monoisotopic (exact) mass is 259 g/mol. The first-order chi connectivity index (χ1) is 8.92. The number of nitrogens with zero attached hydrogens (tertiary/aromatic N) is 2. The highest BCUT2D eigenvalue weighted by Crippen LogP contribution is 2.23. The largest absolute Gasteiger partial charge is 0.316 e. The number of hydrogen-bond acceptors (Lipinski definition) is 4. The molecule has 0 radical (unpaired) electrons. The first-order valence-electron chi connectivity index (χ1n) is 6.48. The Kier molecular flexibility index (Phi) is 3.67. The molecule has 0 aromatic carbocycles. The van der Waals surface area contributed by atoms with Gasteiger partial charge in [0.1, 0.15) is 5.82 Å². The van der Waals surface area contributed by atoms with Crippen LogP contribution in [0, 0.1) is 5.92 Å². The molecule has 0 spiro atoms. The second kappa shape index (κ2) is 5.59. The van der Waals surface area contributed by atoms with Crippen molar-refractivity contribution in [2.75, 3.05) is 13.1 Å². The van der Waals surface area contributed by atoms with Gasteiger partial charge in [0.25, 0.3) is 0 Å². The van der Waals surface area contributed by atoms with Crippen LogP contribution < -0.4 is 5.32 Å². The van der Waals surface area contributed by atoms with Crippen LogP contribution in [0.3, 0.4) is 0 Å². The summed E-state index contributed by atoms with van der Waals surface area (Å²) in [5.41, 5.74) is 1.05. The van der Waals surface area contributed by atoms with Crippen molar-refractivity contribution in [3.05, 3.63) is 35.6 Å². The first-order valence-corrected chi connectivity index (χ1v) is 7.36. The maximum Gasteiger partial charge on any atom is 0.129 e. The highest BCUT2D eigenvalue weighted by molar-refractivity contribution is 7.13. The standard InChI is InChI=1S/C14H17N3S/c1-3-11(10-15-6-1)9-14-16-7-5-12(17-14)13-4-2-8-18-13/h2,4-5,7-8,11,15H,1,3,6,9-10H2. The molecule has 4 heteroatoms. The molecule has 18 heavy (non-hydrogen) atoms. The second-order valence-corrected chi connectivity index (χ2v) is 5.70. The molecule has 2 aromatic heterocycles. The summed E-state index contributed by atoms with van der Waals surface area (Å²) in [7, 11) is 0. The third kappa shape index (κ3) is 2.76. The summed E-state index contributed by atoms with van der Waals surface area (Å²) in [6, 6.07) is 6.17. The van der Waals surface area contributed by atoms with Crippen LogP contribution in [0.4, 0.5) is 0 Å². The molecule has 1 unspecified atom stereocenters. The van der Waals surface area contributed by atoms with Crippen LogP contribution in [0.15, 0.2) is 29.8 Å². The highest BCUT2D eigenvalue weighted by Gasteiger charge is 2.15. The van der Waals surface area contributed by atoms with Crippen LogP contribution in [0.2, 0.25) is 0 Å². The molecule has 0 bridgehead atoms. The molecule has 2 aromatic rings. The molecule has 1 fully saturated rings. The highest BCUT2D eigenvalue weighted by atomic mass is 32.1. The molecule has 3 nitrogen and oxygen atoms in total. The summed E-state index contributed by atoms with van der Waals surface area (Å²) >= 11 is 1.73. The number of thiophene rings is 1. The lowest BCUT2D eigenvalue weighted by atomic mass is 9.96. The fourth-order valence-corrected chi connectivity index (χ4v) is 3.11. The van der Waals surface area contributed by atoms with E-state index in [4.69, 9.17) is 0 Å². The van der Waals surface area contributed by atoms with Gasteiger partial charge in [0.15, 0.2) is 0 Å². The summed E-state index contributed by atoms with van der Waals surface area (Å²) in [4.78, 5) is 10.3. The van der Waals surface area contributed by atoms with Gasteiger partial charge in [-0.05, 0) is 49.4 Å². The second-order valence-electron chi connectivity index (χ2n) is 4.75. The smallest absolute Gasteiger partial charge is 0.129 e. The van der Waals surface area contributed by atoms with E-state index in [1.54, 1.807) is 11.3 Å². The van der Waals surface area contributed by atoms with Gasteiger partial charge in [-0.1, -0.05) is 6.07 Å². The number of nitrogens with one attached hydrogen (secondary N) is 1. The van der Waals surface area contributed by atoms with Gasteiger partial charge in [-0.25, -0.2) is 9.97 Å². The van der Waals surface area contributed by atoms with Gasteiger partial charge in [0.05, 0.1) is 10.6 Å². The quantitative estimate of drug-likeness (QED) is 0.921. The van der Waals surface area contributed by atoms with Crippen molar-refractivity contribution in [3.8, 4) is 10.6 Å². The van der Waals surface area contributed by atoms with Gasteiger partial charge in [-0.3, -0.25) is 0 Å². The van der Waals surface area contributed by atoms with Crippen molar-refractivity contribution in [2.24, 2.45) is 5.92 Å². The Hall–Kier alpha value is -1.26. The SMILES string of the molecule is c1csc(-c2ccnc(CC3CCCNC3)n2)c1. The summed E-state index contributed by atoms with van der Waals surface area (Å²) in [5.74, 6) is 1.67. The molecule has 0 amide bonds. The summed E-state index contributed by atoms with van der Waals surface area (Å²) in [5, 5.41) is 5.53. The molecular formula is C14H17N3S. The lowest BCUT2D eigenvalue weighted by Gasteiger charge is -2.21. The van der Waals surface area contributed by atoms with Crippen molar-refractivity contribution < 1.29 is 0 Å². The van der Waals surface area contributed by atoms with E-state index >= 15 is 0 Å². The predicted octanol–water partition coefficient (Wildman–Crippen LogP) is 2.75. The zero-order valence-electron chi connectivity index (χ0n) is 10.3. The van der Waals surface area contributed by atoms with Crippen LogP contribution in [-0.2, 0) is 6.42 Å². The molecule has 1 aliphatic heterocycles. The maximum atomic E-state index is 4.68. The molecule has 3 heterocycles. The van der Waals surface area contributed by atoms with E-state index < -0.39 is 0 Å². The normalized spacial score (nSPS) is 19.9. The predicted molar refractivity (Wildman–Crippen MR) is 74.6 cm³/mol. The first kappa shape index (κ1) is 11.8. The minimum Gasteiger partial charge on any atom is -0.316 e. The third-order valence-electron chi connectivity index (χ3n) is 3.35. The summed E-state index contributed by atoms with van der Waals surface area (Å²) < 4.78 is 0.